The Balaban J connectivity index is 1.64. The van der Waals surface area contributed by atoms with Crippen LogP contribution in [0.5, 0.6) is 11.5 Å². The van der Waals surface area contributed by atoms with Gasteiger partial charge < -0.3 is 19.5 Å². The van der Waals surface area contributed by atoms with Gasteiger partial charge in [-0.05, 0) is 23.3 Å². The van der Waals surface area contributed by atoms with Gasteiger partial charge in [0.15, 0.2) is 11.5 Å². The summed E-state index contributed by atoms with van der Waals surface area (Å²) in [7, 11) is -0.743. The minimum atomic E-state index is -3.70. The lowest BCUT2D eigenvalue weighted by molar-refractivity contribution is -0.119. The summed E-state index contributed by atoms with van der Waals surface area (Å²) in [6.07, 6.45) is 1.06. The number of morpholine rings is 1. The van der Waals surface area contributed by atoms with Crippen LogP contribution < -0.4 is 19.1 Å². The van der Waals surface area contributed by atoms with Crippen LogP contribution in [0.1, 0.15) is 11.1 Å². The van der Waals surface area contributed by atoms with Crippen molar-refractivity contribution in [2.45, 2.75) is 13.1 Å². The Labute approximate surface area is 195 Å². The number of benzene rings is 2. The summed E-state index contributed by atoms with van der Waals surface area (Å²) in [5, 5.41) is 2.82. The second kappa shape index (κ2) is 11.4. The number of rotatable bonds is 10. The molecular weight excluding hydrogens is 446 g/mol. The summed E-state index contributed by atoms with van der Waals surface area (Å²) >= 11 is 0. The van der Waals surface area contributed by atoms with E-state index in [-0.39, 0.29) is 6.54 Å². The van der Waals surface area contributed by atoms with Crippen molar-refractivity contribution in [3.63, 3.8) is 0 Å². The topological polar surface area (TPSA) is 97.4 Å². The van der Waals surface area contributed by atoms with Crippen molar-refractivity contribution in [3.8, 4) is 11.5 Å². The lowest BCUT2D eigenvalue weighted by Crippen LogP contribution is -2.40. The van der Waals surface area contributed by atoms with Gasteiger partial charge in [-0.3, -0.25) is 14.0 Å². The molecule has 0 aliphatic carbocycles. The van der Waals surface area contributed by atoms with Gasteiger partial charge >= 0.3 is 0 Å². The van der Waals surface area contributed by atoms with E-state index >= 15 is 0 Å². The molecule has 0 aromatic heterocycles. The standard InChI is InChI=1S/C23H31N3O6S/c1-30-21-8-7-20(14-22(21)31-2)26(33(3,28)29)17-23(27)24-15-18-5-4-6-19(13-18)16-25-9-11-32-12-10-25/h4-8,13-14H,9-12,15-17H2,1-3H3,(H,24,27). The monoisotopic (exact) mass is 477 g/mol. The van der Waals surface area contributed by atoms with Crippen LogP contribution in [0.2, 0.25) is 0 Å². The number of ether oxygens (including phenoxy) is 3. The van der Waals surface area contributed by atoms with Crippen LogP contribution in [-0.4, -0.2) is 72.5 Å². The molecule has 1 fully saturated rings. The number of methoxy groups -OCH3 is 2. The molecule has 0 atom stereocenters. The molecule has 9 nitrogen and oxygen atoms in total. The quantitative estimate of drug-likeness (QED) is 0.555. The maximum atomic E-state index is 12.6. The second-order valence-corrected chi connectivity index (χ2v) is 9.70. The summed E-state index contributed by atoms with van der Waals surface area (Å²) in [6.45, 7) is 4.07. The fraction of sp³-hybridized carbons (Fsp3) is 0.435. The van der Waals surface area contributed by atoms with Crippen molar-refractivity contribution < 1.29 is 27.4 Å². The van der Waals surface area contributed by atoms with E-state index in [9.17, 15) is 13.2 Å². The van der Waals surface area contributed by atoms with Crippen molar-refractivity contribution in [1.82, 2.24) is 10.2 Å². The average Bonchev–Trinajstić information content (AvgIpc) is 2.81. The summed E-state index contributed by atoms with van der Waals surface area (Å²) in [5.41, 5.74) is 2.43. The van der Waals surface area contributed by atoms with Crippen molar-refractivity contribution >= 4 is 21.6 Å². The van der Waals surface area contributed by atoms with Crippen LogP contribution in [0, 0.1) is 0 Å². The average molecular weight is 478 g/mol. The molecule has 180 valence electrons. The molecule has 1 aliphatic heterocycles. The van der Waals surface area contributed by atoms with E-state index in [0.29, 0.717) is 23.7 Å². The highest BCUT2D eigenvalue weighted by atomic mass is 32.2. The maximum absolute atomic E-state index is 12.6. The molecule has 2 aromatic rings. The minimum Gasteiger partial charge on any atom is -0.493 e. The van der Waals surface area contributed by atoms with E-state index < -0.39 is 15.9 Å². The number of hydrogen-bond acceptors (Lipinski definition) is 7. The minimum absolute atomic E-state index is 0.305. The van der Waals surface area contributed by atoms with Crippen LogP contribution in [0.25, 0.3) is 0 Å². The van der Waals surface area contributed by atoms with Gasteiger partial charge in [0.25, 0.3) is 0 Å². The van der Waals surface area contributed by atoms with Crippen LogP contribution in [0.3, 0.4) is 0 Å². The molecule has 1 heterocycles. The second-order valence-electron chi connectivity index (χ2n) is 7.79. The van der Waals surface area contributed by atoms with E-state index in [4.69, 9.17) is 14.2 Å². The lowest BCUT2D eigenvalue weighted by Gasteiger charge is -2.26. The third-order valence-electron chi connectivity index (χ3n) is 5.33. The van der Waals surface area contributed by atoms with Crippen LogP contribution in [0.4, 0.5) is 5.69 Å². The molecule has 1 saturated heterocycles. The molecule has 1 N–H and O–H groups in total. The van der Waals surface area contributed by atoms with Crippen molar-refractivity contribution in [1.29, 1.82) is 0 Å². The molecule has 2 aromatic carbocycles. The van der Waals surface area contributed by atoms with Gasteiger partial charge in [-0.15, -0.1) is 0 Å². The third kappa shape index (κ3) is 7.08. The Hall–Kier alpha value is -2.82. The SMILES string of the molecule is COc1ccc(N(CC(=O)NCc2cccc(CN3CCOCC3)c2)S(C)(=O)=O)cc1OC. The molecular formula is C23H31N3O6S. The first-order valence-corrected chi connectivity index (χ1v) is 12.5. The van der Waals surface area contributed by atoms with Gasteiger partial charge in [-0.2, -0.15) is 0 Å². The summed E-state index contributed by atoms with van der Waals surface area (Å²) < 4.78 is 41.7. The number of anilines is 1. The number of nitrogens with one attached hydrogen (secondary N) is 1. The van der Waals surface area contributed by atoms with Crippen LogP contribution in [0.15, 0.2) is 42.5 Å². The van der Waals surface area contributed by atoms with Crippen molar-refractivity contribution in [3.05, 3.63) is 53.6 Å². The van der Waals surface area contributed by atoms with Gasteiger partial charge in [-0.25, -0.2) is 8.42 Å². The number of carbonyl (C=O) groups excluding carboxylic acids is 1. The van der Waals surface area contributed by atoms with Crippen molar-refractivity contribution in [2.24, 2.45) is 0 Å². The predicted octanol–water partition coefficient (Wildman–Crippen LogP) is 1.62. The fourth-order valence-corrected chi connectivity index (χ4v) is 4.47. The van der Waals surface area contributed by atoms with Crippen molar-refractivity contribution in [2.75, 3.05) is 57.6 Å². The van der Waals surface area contributed by atoms with Gasteiger partial charge in [0.05, 0.1) is 39.4 Å². The Morgan fingerprint density at radius 2 is 1.76 bits per heavy atom. The third-order valence-corrected chi connectivity index (χ3v) is 6.47. The summed E-state index contributed by atoms with van der Waals surface area (Å²) in [4.78, 5) is 15.0. The highest BCUT2D eigenvalue weighted by molar-refractivity contribution is 7.92. The van der Waals surface area contributed by atoms with Gasteiger partial charge in [0.2, 0.25) is 15.9 Å². The van der Waals surface area contributed by atoms with E-state index in [2.05, 4.69) is 22.3 Å². The number of hydrogen-bond donors (Lipinski definition) is 1. The molecule has 1 aliphatic rings. The fourth-order valence-electron chi connectivity index (χ4n) is 3.62. The molecule has 10 heteroatoms. The summed E-state index contributed by atoms with van der Waals surface area (Å²) in [5.74, 6) is 0.436. The van der Waals surface area contributed by atoms with Gasteiger partial charge in [0, 0.05) is 32.2 Å². The lowest BCUT2D eigenvalue weighted by atomic mass is 10.1. The number of carbonyl (C=O) groups is 1. The first-order valence-electron chi connectivity index (χ1n) is 10.6. The molecule has 33 heavy (non-hydrogen) atoms. The van der Waals surface area contributed by atoms with E-state index in [1.165, 1.54) is 20.3 Å². The zero-order valence-electron chi connectivity index (χ0n) is 19.2. The largest absolute Gasteiger partial charge is 0.493 e. The van der Waals surface area contributed by atoms with Gasteiger partial charge in [0.1, 0.15) is 6.54 Å². The van der Waals surface area contributed by atoms with E-state index in [0.717, 1.165) is 54.5 Å². The maximum Gasteiger partial charge on any atom is 0.241 e. The van der Waals surface area contributed by atoms with Crippen LogP contribution >= 0.6 is 0 Å². The first kappa shape index (κ1) is 24.8. The number of sulfonamides is 1. The molecule has 0 unspecified atom stereocenters. The van der Waals surface area contributed by atoms with E-state index in [1.54, 1.807) is 12.1 Å². The molecule has 1 amide bonds. The Bertz CT molecular complexity index is 1050. The Kier molecular flexibility index (Phi) is 8.54. The molecule has 0 bridgehead atoms. The Morgan fingerprint density at radius 1 is 1.06 bits per heavy atom. The first-order chi connectivity index (χ1) is 15.8. The Morgan fingerprint density at radius 3 is 2.42 bits per heavy atom. The predicted molar refractivity (Wildman–Crippen MR) is 126 cm³/mol. The van der Waals surface area contributed by atoms with Crippen LogP contribution in [-0.2, 0) is 32.6 Å². The normalized spacial score (nSPS) is 14.5. The molecule has 0 radical (unpaired) electrons. The number of nitrogens with zero attached hydrogens (tertiary/aromatic N) is 2. The van der Waals surface area contributed by atoms with E-state index in [1.807, 2.05) is 12.1 Å². The molecule has 0 spiro atoms. The highest BCUT2D eigenvalue weighted by Gasteiger charge is 2.22. The van der Waals surface area contributed by atoms with Gasteiger partial charge in [-0.1, -0.05) is 24.3 Å². The number of amides is 1. The molecule has 3 rings (SSSR count). The summed E-state index contributed by atoms with van der Waals surface area (Å²) in [6, 6.07) is 12.7. The highest BCUT2D eigenvalue weighted by Crippen LogP contribution is 2.32. The zero-order chi connectivity index (χ0) is 23.8. The zero-order valence-corrected chi connectivity index (χ0v) is 20.1. The molecule has 0 saturated carbocycles. The smallest absolute Gasteiger partial charge is 0.241 e.